The summed E-state index contributed by atoms with van der Waals surface area (Å²) in [7, 11) is 6.63. The standard InChI is InChI=1S/C33H66N2O2.C19H22N2O5.C8H16.C4H8O.C3H8.2C2H6/c1-15-16-25(6)29(10)35(14)21-24(5)20-33(11,36)32(28(9)27(8)26(7)22(2)3)37-31-18-23(4)17-30(19-31)34(12)13;22-17(23)4-2-1-3-9-20-12-5-8-16-14(10-12)18(24)15(19(25)26)11-21(16)13-6-7-13;1-7-4-3-5-8(2)6-7;1-3-4(2)5;1-3-2;2*1-2/h23-32,36H,2,15-21H2,1,3-14H3;5,8,10-11,13,20H,1-4,6-7,9H2,(H,22,23)(H,25,26);7-8H,3-6H2,1-2H3;5H,2-3H2,1H3;3H2,1-2H3;2*1-2H3/t23?,24-,25?,26?,27-,28+,29?,30?,31?,32-,33-;;;;;;/m1....../s1. The van der Waals surface area contributed by atoms with Crippen LogP contribution in [0.3, 0.4) is 0 Å². The summed E-state index contributed by atoms with van der Waals surface area (Å²) in [4.78, 5) is 39.2. The van der Waals surface area contributed by atoms with Crippen molar-refractivity contribution in [2.24, 2.45) is 47.3 Å². The average molecular weight is 1170 g/mol. The number of nitrogens with one attached hydrogen (secondary N) is 1. The number of fused-ring (bicyclic) bond motifs is 1. The van der Waals surface area contributed by atoms with Crippen LogP contribution in [0.5, 0.6) is 0 Å². The number of anilines is 1. The molecule has 0 saturated heterocycles. The fraction of sp³-hybridized carbons (Fsp3) is 0.789. The van der Waals surface area contributed by atoms with Crippen LogP contribution in [0.25, 0.3) is 10.9 Å². The van der Waals surface area contributed by atoms with E-state index in [0.29, 0.717) is 66.4 Å². The maximum Gasteiger partial charge on any atom is 0.341 e. The van der Waals surface area contributed by atoms with Crippen LogP contribution in [0.4, 0.5) is 5.69 Å². The van der Waals surface area contributed by atoms with E-state index in [2.05, 4.69) is 139 Å². The zero-order valence-corrected chi connectivity index (χ0v) is 57.6. The Hall–Kier alpha value is -3.71. The van der Waals surface area contributed by atoms with Gasteiger partial charge in [-0.3, -0.25) is 9.59 Å². The Kier molecular flexibility index (Phi) is 43.0. The maximum atomic E-state index is 12.5. The highest BCUT2D eigenvalue weighted by Crippen LogP contribution is 2.40. The minimum atomic E-state index is -1.21. The average Bonchev–Trinajstić information content (AvgIpc) is 4.42. The molecule has 0 aliphatic heterocycles. The molecular weight excluding hydrogens is 1040 g/mol. The molecule has 13 atom stereocenters. The number of aliphatic carboxylic acids is 1. The van der Waals surface area contributed by atoms with E-state index in [0.717, 1.165) is 74.5 Å². The second-order valence-electron chi connectivity index (χ2n) is 25.8. The SMILES string of the molecule is C=C(C)C(C)[C@@H](C)[C@H](C)[C@@H](OC1CC(C)CC(N(C)C)C1)[C@](C)(O)C[C@@H](C)CN(C)C(C)C(C)CCC.C=C(O)CC.CC.CC.CC1CCCC(C)C1.CCC.O=C(O)CCCCCNc1ccc2c(c1)c(=O)c(C(=O)O)cn2C1CC1. The molecule has 0 amide bonds. The number of pyridine rings is 1. The Bertz CT molecular complexity index is 2130. The van der Waals surface area contributed by atoms with E-state index in [4.69, 9.17) is 14.9 Å². The number of ether oxygens (including phenoxy) is 1. The summed E-state index contributed by atoms with van der Waals surface area (Å²) in [5, 5.41) is 41.8. The third-order valence-electron chi connectivity index (χ3n) is 17.3. The first-order valence-electron chi connectivity index (χ1n) is 33.1. The van der Waals surface area contributed by atoms with Gasteiger partial charge in [-0.05, 0) is 172 Å². The third-order valence-corrected chi connectivity index (χ3v) is 17.3. The number of aromatic carboxylic acids is 1. The zero-order valence-electron chi connectivity index (χ0n) is 57.6. The van der Waals surface area contributed by atoms with Gasteiger partial charge in [0.1, 0.15) is 5.56 Å². The molecule has 5 rings (SSSR count). The van der Waals surface area contributed by atoms with Crippen molar-refractivity contribution < 1.29 is 34.8 Å². The number of allylic oxidation sites excluding steroid dienone is 2. The van der Waals surface area contributed by atoms with Crippen molar-refractivity contribution in [3.63, 3.8) is 0 Å². The number of aromatic nitrogens is 1. The molecule has 0 spiro atoms. The van der Waals surface area contributed by atoms with Crippen LogP contribution in [0, 0.1) is 47.3 Å². The molecule has 12 heteroatoms. The van der Waals surface area contributed by atoms with Crippen molar-refractivity contribution in [3.05, 3.63) is 64.7 Å². The molecule has 0 bridgehead atoms. The summed E-state index contributed by atoms with van der Waals surface area (Å²) in [5.41, 5.74) is 1.17. The second-order valence-corrected chi connectivity index (χ2v) is 25.8. The number of hydrogen-bond donors (Lipinski definition) is 5. The van der Waals surface area contributed by atoms with E-state index in [9.17, 15) is 24.6 Å². The normalized spacial score (nSPS) is 21.5. The number of unbranched alkanes of at least 4 members (excludes halogenated alkanes) is 2. The first-order chi connectivity index (χ1) is 39.0. The Morgan fingerprint density at radius 3 is 1.84 bits per heavy atom. The van der Waals surface area contributed by atoms with E-state index >= 15 is 0 Å². The molecule has 1 aromatic carbocycles. The minimum Gasteiger partial charge on any atom is -0.513 e. The van der Waals surface area contributed by atoms with E-state index in [1.54, 1.807) is 6.07 Å². The fourth-order valence-electron chi connectivity index (χ4n) is 11.8. The fourth-order valence-corrected chi connectivity index (χ4v) is 11.8. The topological polar surface area (TPSA) is 165 Å². The summed E-state index contributed by atoms with van der Waals surface area (Å²) < 4.78 is 8.92. The van der Waals surface area contributed by atoms with Crippen LogP contribution in [0.15, 0.2) is 53.7 Å². The van der Waals surface area contributed by atoms with Gasteiger partial charge in [-0.25, -0.2) is 4.79 Å². The van der Waals surface area contributed by atoms with Crippen molar-refractivity contribution in [1.29, 1.82) is 0 Å². The maximum absolute atomic E-state index is 12.5. The van der Waals surface area contributed by atoms with E-state index in [1.807, 2.05) is 58.2 Å². The lowest BCUT2D eigenvalue weighted by Crippen LogP contribution is -2.52. The molecule has 1 heterocycles. The summed E-state index contributed by atoms with van der Waals surface area (Å²) in [6, 6.07) is 6.80. The molecule has 3 aliphatic carbocycles. The van der Waals surface area contributed by atoms with Gasteiger partial charge < -0.3 is 44.8 Å². The van der Waals surface area contributed by atoms with Gasteiger partial charge >= 0.3 is 11.9 Å². The number of carboxylic acid groups (broad SMARTS) is 2. The summed E-state index contributed by atoms with van der Waals surface area (Å²) in [6.07, 6.45) is 20.3. The third kappa shape index (κ3) is 32.0. The number of carboxylic acids is 2. The van der Waals surface area contributed by atoms with Gasteiger partial charge in [0.2, 0.25) is 5.43 Å². The minimum absolute atomic E-state index is 0.175. The molecule has 5 N–H and O–H groups in total. The monoisotopic (exact) mass is 1170 g/mol. The highest BCUT2D eigenvalue weighted by atomic mass is 16.5. The van der Waals surface area contributed by atoms with Crippen LogP contribution in [0.1, 0.15) is 264 Å². The lowest BCUT2D eigenvalue weighted by Gasteiger charge is -2.46. The summed E-state index contributed by atoms with van der Waals surface area (Å²) >= 11 is 0. The first kappa shape index (κ1) is 81.4. The number of carbonyl (C=O) groups is 2. The molecule has 12 nitrogen and oxygen atoms in total. The van der Waals surface area contributed by atoms with Crippen molar-refractivity contribution in [2.75, 3.05) is 39.5 Å². The van der Waals surface area contributed by atoms with Gasteiger partial charge in [0, 0.05) is 61.3 Å². The van der Waals surface area contributed by atoms with Gasteiger partial charge in [0.15, 0.2) is 0 Å². The van der Waals surface area contributed by atoms with Crippen LogP contribution < -0.4 is 10.7 Å². The Morgan fingerprint density at radius 2 is 1.39 bits per heavy atom. The van der Waals surface area contributed by atoms with Gasteiger partial charge in [-0.1, -0.05) is 168 Å². The number of nitrogens with zero attached hydrogens (tertiary/aromatic N) is 3. The predicted molar refractivity (Wildman–Crippen MR) is 358 cm³/mol. The van der Waals surface area contributed by atoms with E-state index < -0.39 is 23.0 Å². The van der Waals surface area contributed by atoms with Crippen molar-refractivity contribution in [1.82, 2.24) is 14.4 Å². The molecule has 2 aromatic rings. The zero-order chi connectivity index (χ0) is 64.3. The molecule has 1 aromatic heterocycles. The first-order valence-corrected chi connectivity index (χ1v) is 33.1. The van der Waals surface area contributed by atoms with Gasteiger partial charge in [-0.15, -0.1) is 0 Å². The largest absolute Gasteiger partial charge is 0.513 e. The number of aliphatic hydroxyl groups is 2. The Morgan fingerprint density at radius 1 is 0.819 bits per heavy atom. The predicted octanol–water partition coefficient (Wildman–Crippen LogP) is 18.4. The summed E-state index contributed by atoms with van der Waals surface area (Å²) in [6.45, 7) is 50.7. The summed E-state index contributed by atoms with van der Waals surface area (Å²) in [5.74, 6) is 2.99. The molecule has 3 aliphatic rings. The highest BCUT2D eigenvalue weighted by molar-refractivity contribution is 5.93. The smallest absolute Gasteiger partial charge is 0.341 e. The lowest BCUT2D eigenvalue weighted by molar-refractivity contribution is -0.175. The van der Waals surface area contributed by atoms with Crippen LogP contribution >= 0.6 is 0 Å². The second kappa shape index (κ2) is 43.8. The van der Waals surface area contributed by atoms with E-state index in [-0.39, 0.29) is 41.9 Å². The van der Waals surface area contributed by atoms with Crippen molar-refractivity contribution in [3.8, 4) is 0 Å². The molecule has 3 fully saturated rings. The molecule has 8 unspecified atom stereocenters. The molecule has 484 valence electrons. The number of rotatable bonds is 26. The molecule has 0 radical (unpaired) electrons. The molecule has 3 saturated carbocycles. The van der Waals surface area contributed by atoms with Gasteiger partial charge in [0.05, 0.1) is 29.1 Å². The number of benzene rings is 1. The number of hydrogen-bond acceptors (Lipinski definition) is 9. The Balaban J connectivity index is 0. The highest BCUT2D eigenvalue weighted by Gasteiger charge is 2.43. The quantitative estimate of drug-likeness (QED) is 0.0346. The van der Waals surface area contributed by atoms with Crippen molar-refractivity contribution >= 4 is 28.5 Å². The van der Waals surface area contributed by atoms with Crippen LogP contribution in [0.2, 0.25) is 0 Å². The van der Waals surface area contributed by atoms with Gasteiger partial charge in [0.25, 0.3) is 0 Å². The van der Waals surface area contributed by atoms with Crippen LogP contribution in [-0.2, 0) is 9.53 Å². The van der Waals surface area contributed by atoms with Crippen LogP contribution in [-0.4, -0.2) is 111 Å². The lowest BCUT2D eigenvalue weighted by atomic mass is 9.73. The molecule has 83 heavy (non-hydrogen) atoms. The van der Waals surface area contributed by atoms with Crippen molar-refractivity contribution in [2.45, 2.75) is 283 Å². The molecular formula is C71H132N4O8. The van der Waals surface area contributed by atoms with E-state index in [1.165, 1.54) is 63.1 Å². The number of aliphatic hydroxyl groups excluding tert-OH is 1. The van der Waals surface area contributed by atoms with Gasteiger partial charge in [-0.2, -0.15) is 0 Å². The Labute approximate surface area is 510 Å².